The first-order chi connectivity index (χ1) is 8.93. The summed E-state index contributed by atoms with van der Waals surface area (Å²) in [7, 11) is 1.57. The van der Waals surface area contributed by atoms with Crippen LogP contribution < -0.4 is 4.74 Å². The van der Waals surface area contributed by atoms with E-state index in [2.05, 4.69) is 13.8 Å². The molecular weight excluding hydrogens is 242 g/mol. The van der Waals surface area contributed by atoms with Gasteiger partial charge in [-0.05, 0) is 29.5 Å². The molecule has 1 aliphatic rings. The first-order valence-electron chi connectivity index (χ1n) is 6.54. The molecule has 104 valence electrons. The van der Waals surface area contributed by atoms with Crippen LogP contribution in [0.3, 0.4) is 0 Å². The van der Waals surface area contributed by atoms with Gasteiger partial charge in [0, 0.05) is 13.1 Å². The van der Waals surface area contributed by atoms with E-state index in [9.17, 15) is 9.90 Å². The standard InChI is InChI=1S/C15H21NO3/c1-15(2)7-8-16(10-15)14(18)13(17)11-5-4-6-12(9-11)19-3/h4-6,9,13,17H,7-8,10H2,1-3H3. The van der Waals surface area contributed by atoms with Crippen molar-refractivity contribution in [1.82, 2.24) is 4.90 Å². The van der Waals surface area contributed by atoms with Crippen molar-refractivity contribution in [2.75, 3.05) is 20.2 Å². The zero-order valence-corrected chi connectivity index (χ0v) is 11.7. The maximum atomic E-state index is 12.3. The lowest BCUT2D eigenvalue weighted by Crippen LogP contribution is -2.34. The molecule has 0 spiro atoms. The zero-order valence-electron chi connectivity index (χ0n) is 11.7. The third kappa shape index (κ3) is 3.07. The molecule has 2 rings (SSSR count). The Labute approximate surface area is 114 Å². The highest BCUT2D eigenvalue weighted by atomic mass is 16.5. The Morgan fingerprint density at radius 2 is 2.21 bits per heavy atom. The van der Waals surface area contributed by atoms with Crippen molar-refractivity contribution in [3.05, 3.63) is 29.8 Å². The summed E-state index contributed by atoms with van der Waals surface area (Å²) in [6, 6.07) is 7.01. The van der Waals surface area contributed by atoms with Crippen LogP contribution in [0.2, 0.25) is 0 Å². The maximum Gasteiger partial charge on any atom is 0.256 e. The van der Waals surface area contributed by atoms with Crippen LogP contribution in [0.1, 0.15) is 31.9 Å². The minimum absolute atomic E-state index is 0.143. The number of hydrogen-bond acceptors (Lipinski definition) is 3. The Balaban J connectivity index is 2.10. The van der Waals surface area contributed by atoms with Gasteiger partial charge >= 0.3 is 0 Å². The van der Waals surface area contributed by atoms with Crippen molar-refractivity contribution >= 4 is 5.91 Å². The predicted octanol–water partition coefficient (Wildman–Crippen LogP) is 1.99. The molecule has 0 aliphatic carbocycles. The van der Waals surface area contributed by atoms with Crippen LogP contribution in [-0.4, -0.2) is 36.1 Å². The summed E-state index contributed by atoms with van der Waals surface area (Å²) in [6.45, 7) is 5.69. The number of aliphatic hydroxyl groups is 1. The van der Waals surface area contributed by atoms with E-state index in [0.717, 1.165) is 6.42 Å². The lowest BCUT2D eigenvalue weighted by atomic mass is 9.93. The highest BCUT2D eigenvalue weighted by molar-refractivity contribution is 5.82. The number of methoxy groups -OCH3 is 1. The SMILES string of the molecule is COc1cccc(C(O)C(=O)N2CCC(C)(C)C2)c1. The predicted molar refractivity (Wildman–Crippen MR) is 72.9 cm³/mol. The van der Waals surface area contributed by atoms with Crippen molar-refractivity contribution in [2.24, 2.45) is 5.41 Å². The molecule has 1 amide bonds. The van der Waals surface area contributed by atoms with Crippen LogP contribution in [0.25, 0.3) is 0 Å². The summed E-state index contributed by atoms with van der Waals surface area (Å²) >= 11 is 0. The molecular formula is C15H21NO3. The Morgan fingerprint density at radius 1 is 1.47 bits per heavy atom. The van der Waals surface area contributed by atoms with Gasteiger partial charge < -0.3 is 14.7 Å². The topological polar surface area (TPSA) is 49.8 Å². The van der Waals surface area contributed by atoms with Crippen LogP contribution >= 0.6 is 0 Å². The second kappa shape index (κ2) is 5.21. The van der Waals surface area contributed by atoms with E-state index in [1.807, 2.05) is 0 Å². The summed E-state index contributed by atoms with van der Waals surface area (Å²) < 4.78 is 5.11. The molecule has 1 unspecified atom stereocenters. The average Bonchev–Trinajstić information content (AvgIpc) is 2.77. The van der Waals surface area contributed by atoms with Crippen LogP contribution in [0.5, 0.6) is 5.75 Å². The first kappa shape index (κ1) is 13.9. The zero-order chi connectivity index (χ0) is 14.0. The van der Waals surface area contributed by atoms with Gasteiger partial charge in [-0.2, -0.15) is 0 Å². The number of carbonyl (C=O) groups excluding carboxylic acids is 1. The van der Waals surface area contributed by atoms with Crippen molar-refractivity contribution in [3.8, 4) is 5.75 Å². The molecule has 1 aromatic rings. The highest BCUT2D eigenvalue weighted by Gasteiger charge is 2.34. The van der Waals surface area contributed by atoms with E-state index in [1.54, 1.807) is 36.3 Å². The van der Waals surface area contributed by atoms with Crippen LogP contribution in [0.4, 0.5) is 0 Å². The molecule has 0 radical (unpaired) electrons. The van der Waals surface area contributed by atoms with Gasteiger partial charge in [0.05, 0.1) is 7.11 Å². The summed E-state index contributed by atoms with van der Waals surface area (Å²) in [4.78, 5) is 14.0. The molecule has 1 aliphatic heterocycles. The molecule has 0 saturated carbocycles. The summed E-state index contributed by atoms with van der Waals surface area (Å²) in [5, 5.41) is 10.2. The minimum atomic E-state index is -1.11. The number of aliphatic hydroxyl groups excluding tert-OH is 1. The fourth-order valence-corrected chi connectivity index (χ4v) is 2.43. The number of amides is 1. The molecule has 0 aromatic heterocycles. The molecule has 4 nitrogen and oxygen atoms in total. The van der Waals surface area contributed by atoms with Gasteiger partial charge in [-0.25, -0.2) is 0 Å². The van der Waals surface area contributed by atoms with Gasteiger partial charge in [-0.1, -0.05) is 26.0 Å². The van der Waals surface area contributed by atoms with Crippen molar-refractivity contribution in [1.29, 1.82) is 0 Å². The lowest BCUT2D eigenvalue weighted by molar-refractivity contribution is -0.139. The van der Waals surface area contributed by atoms with Gasteiger partial charge in [0.25, 0.3) is 5.91 Å². The Kier molecular flexibility index (Phi) is 3.80. The average molecular weight is 263 g/mol. The van der Waals surface area contributed by atoms with Gasteiger partial charge in [-0.3, -0.25) is 4.79 Å². The molecule has 19 heavy (non-hydrogen) atoms. The van der Waals surface area contributed by atoms with Gasteiger partial charge in [0.1, 0.15) is 5.75 Å². The van der Waals surface area contributed by atoms with Crippen molar-refractivity contribution in [3.63, 3.8) is 0 Å². The number of rotatable bonds is 3. The molecule has 1 fully saturated rings. The smallest absolute Gasteiger partial charge is 0.256 e. The number of carbonyl (C=O) groups is 1. The summed E-state index contributed by atoms with van der Waals surface area (Å²) in [5.74, 6) is 0.421. The quantitative estimate of drug-likeness (QED) is 0.907. The van der Waals surface area contributed by atoms with E-state index >= 15 is 0 Å². The Bertz CT molecular complexity index is 470. The minimum Gasteiger partial charge on any atom is -0.497 e. The Morgan fingerprint density at radius 3 is 2.79 bits per heavy atom. The monoisotopic (exact) mass is 263 g/mol. The largest absolute Gasteiger partial charge is 0.497 e. The molecule has 1 aromatic carbocycles. The lowest BCUT2D eigenvalue weighted by Gasteiger charge is -2.22. The number of nitrogens with zero attached hydrogens (tertiary/aromatic N) is 1. The molecule has 0 bridgehead atoms. The van der Waals surface area contributed by atoms with E-state index in [0.29, 0.717) is 24.4 Å². The van der Waals surface area contributed by atoms with E-state index in [1.165, 1.54) is 0 Å². The number of ether oxygens (including phenoxy) is 1. The molecule has 1 N–H and O–H groups in total. The third-order valence-electron chi connectivity index (χ3n) is 3.63. The van der Waals surface area contributed by atoms with Crippen LogP contribution in [0, 0.1) is 5.41 Å². The number of benzene rings is 1. The third-order valence-corrected chi connectivity index (χ3v) is 3.63. The normalized spacial score (nSPS) is 19.3. The Hall–Kier alpha value is -1.55. The fraction of sp³-hybridized carbons (Fsp3) is 0.533. The molecule has 1 atom stereocenters. The van der Waals surface area contributed by atoms with Crippen molar-refractivity contribution < 1.29 is 14.6 Å². The fourth-order valence-electron chi connectivity index (χ4n) is 2.43. The van der Waals surface area contributed by atoms with Gasteiger partial charge in [-0.15, -0.1) is 0 Å². The van der Waals surface area contributed by atoms with Crippen LogP contribution in [-0.2, 0) is 4.79 Å². The van der Waals surface area contributed by atoms with Gasteiger partial charge in [0.15, 0.2) is 6.10 Å². The van der Waals surface area contributed by atoms with Gasteiger partial charge in [0.2, 0.25) is 0 Å². The second-order valence-electron chi connectivity index (χ2n) is 5.85. The first-order valence-corrected chi connectivity index (χ1v) is 6.54. The second-order valence-corrected chi connectivity index (χ2v) is 5.85. The van der Waals surface area contributed by atoms with E-state index < -0.39 is 6.10 Å². The molecule has 1 saturated heterocycles. The number of hydrogen-bond donors (Lipinski definition) is 1. The number of likely N-dealkylation sites (tertiary alicyclic amines) is 1. The van der Waals surface area contributed by atoms with Crippen LogP contribution in [0.15, 0.2) is 24.3 Å². The highest BCUT2D eigenvalue weighted by Crippen LogP contribution is 2.31. The molecule has 1 heterocycles. The van der Waals surface area contributed by atoms with E-state index in [-0.39, 0.29) is 11.3 Å². The maximum absolute atomic E-state index is 12.3. The molecule has 4 heteroatoms. The van der Waals surface area contributed by atoms with Crippen molar-refractivity contribution in [2.45, 2.75) is 26.4 Å². The van der Waals surface area contributed by atoms with E-state index in [4.69, 9.17) is 4.74 Å². The summed E-state index contributed by atoms with van der Waals surface area (Å²) in [6.07, 6.45) is -0.132. The summed E-state index contributed by atoms with van der Waals surface area (Å²) in [5.41, 5.74) is 0.720.